The summed E-state index contributed by atoms with van der Waals surface area (Å²) in [5, 5.41) is 11.6. The molecule has 1 aliphatic carbocycles. The van der Waals surface area contributed by atoms with Gasteiger partial charge < -0.3 is 5.11 Å². The van der Waals surface area contributed by atoms with Gasteiger partial charge >= 0.3 is 0 Å². The first kappa shape index (κ1) is 9.49. The Kier molecular flexibility index (Phi) is 2.44. The maximum atomic E-state index is 9.64. The van der Waals surface area contributed by atoms with Crippen molar-refractivity contribution in [2.75, 3.05) is 14.1 Å². The summed E-state index contributed by atoms with van der Waals surface area (Å²) in [4.78, 5) is 0. The summed E-state index contributed by atoms with van der Waals surface area (Å²) in [7, 11) is 3.97. The van der Waals surface area contributed by atoms with E-state index in [9.17, 15) is 5.11 Å². The minimum atomic E-state index is 0.354. The SMILES string of the molecule is CN(C)NC1CCc2c(O)cccc21. The van der Waals surface area contributed by atoms with Gasteiger partial charge in [-0.25, -0.2) is 5.43 Å². The molecule has 0 amide bonds. The quantitative estimate of drug-likeness (QED) is 0.696. The highest BCUT2D eigenvalue weighted by molar-refractivity contribution is 5.44. The average molecular weight is 192 g/mol. The molecule has 0 radical (unpaired) electrons. The van der Waals surface area contributed by atoms with E-state index in [1.165, 1.54) is 5.56 Å². The Balaban J connectivity index is 2.26. The molecule has 14 heavy (non-hydrogen) atoms. The number of hydrogen-bond donors (Lipinski definition) is 2. The van der Waals surface area contributed by atoms with Crippen molar-refractivity contribution in [3.63, 3.8) is 0 Å². The molecule has 2 N–H and O–H groups in total. The maximum absolute atomic E-state index is 9.64. The molecule has 0 saturated heterocycles. The van der Waals surface area contributed by atoms with Crippen LogP contribution in [0.15, 0.2) is 18.2 Å². The number of fused-ring (bicyclic) bond motifs is 1. The van der Waals surface area contributed by atoms with E-state index in [2.05, 4.69) is 11.5 Å². The number of rotatable bonds is 2. The first-order chi connectivity index (χ1) is 6.68. The molecule has 1 aromatic carbocycles. The van der Waals surface area contributed by atoms with Crippen LogP contribution in [0.25, 0.3) is 0 Å². The number of hydrogen-bond acceptors (Lipinski definition) is 3. The zero-order chi connectivity index (χ0) is 10.1. The largest absolute Gasteiger partial charge is 0.508 e. The minimum absolute atomic E-state index is 0.354. The van der Waals surface area contributed by atoms with Crippen molar-refractivity contribution in [1.82, 2.24) is 10.4 Å². The molecule has 0 fully saturated rings. The van der Waals surface area contributed by atoms with Crippen LogP contribution in [0.5, 0.6) is 5.75 Å². The second kappa shape index (κ2) is 3.59. The van der Waals surface area contributed by atoms with Crippen LogP contribution in [0, 0.1) is 0 Å². The fourth-order valence-corrected chi connectivity index (χ4v) is 2.08. The van der Waals surface area contributed by atoms with E-state index >= 15 is 0 Å². The molecule has 1 atom stereocenters. The Labute approximate surface area is 84.3 Å². The first-order valence-corrected chi connectivity index (χ1v) is 4.92. The molecular weight excluding hydrogens is 176 g/mol. The summed E-state index contributed by atoms with van der Waals surface area (Å²) >= 11 is 0. The fraction of sp³-hybridized carbons (Fsp3) is 0.455. The molecule has 1 aromatic rings. The molecule has 0 saturated carbocycles. The van der Waals surface area contributed by atoms with Gasteiger partial charge in [0.15, 0.2) is 0 Å². The van der Waals surface area contributed by atoms with Crippen molar-refractivity contribution < 1.29 is 5.11 Å². The number of phenolic OH excluding ortho intramolecular Hbond substituents is 1. The van der Waals surface area contributed by atoms with Crippen LogP contribution in [-0.4, -0.2) is 24.2 Å². The third kappa shape index (κ3) is 1.61. The molecule has 0 aliphatic heterocycles. The van der Waals surface area contributed by atoms with Gasteiger partial charge in [-0.3, -0.25) is 5.01 Å². The lowest BCUT2D eigenvalue weighted by Gasteiger charge is -2.19. The Morgan fingerprint density at radius 2 is 2.21 bits per heavy atom. The van der Waals surface area contributed by atoms with Gasteiger partial charge in [0.05, 0.1) is 0 Å². The van der Waals surface area contributed by atoms with E-state index in [1.807, 2.05) is 25.2 Å². The lowest BCUT2D eigenvalue weighted by atomic mass is 10.1. The highest BCUT2D eigenvalue weighted by Crippen LogP contribution is 2.36. The van der Waals surface area contributed by atoms with E-state index in [0.717, 1.165) is 18.4 Å². The normalized spacial score (nSPS) is 20.1. The molecule has 3 heteroatoms. The van der Waals surface area contributed by atoms with E-state index < -0.39 is 0 Å². The second-order valence-electron chi connectivity index (χ2n) is 3.96. The predicted molar refractivity (Wildman–Crippen MR) is 56.0 cm³/mol. The van der Waals surface area contributed by atoms with Crippen molar-refractivity contribution in [3.05, 3.63) is 29.3 Å². The van der Waals surface area contributed by atoms with Crippen molar-refractivity contribution in [1.29, 1.82) is 0 Å². The van der Waals surface area contributed by atoms with Crippen molar-refractivity contribution in [2.24, 2.45) is 0 Å². The number of benzene rings is 1. The molecule has 3 nitrogen and oxygen atoms in total. The van der Waals surface area contributed by atoms with Crippen LogP contribution in [0.1, 0.15) is 23.6 Å². The molecule has 1 aliphatic rings. The van der Waals surface area contributed by atoms with Gasteiger partial charge in [0, 0.05) is 20.1 Å². The molecular formula is C11H16N2O. The first-order valence-electron chi connectivity index (χ1n) is 4.92. The fourth-order valence-electron chi connectivity index (χ4n) is 2.08. The Morgan fingerprint density at radius 1 is 1.43 bits per heavy atom. The van der Waals surface area contributed by atoms with Gasteiger partial charge in [-0.2, -0.15) is 0 Å². The second-order valence-corrected chi connectivity index (χ2v) is 3.96. The zero-order valence-electron chi connectivity index (χ0n) is 8.62. The van der Waals surface area contributed by atoms with E-state index in [-0.39, 0.29) is 0 Å². The lowest BCUT2D eigenvalue weighted by molar-refractivity contribution is 0.242. The molecule has 2 rings (SSSR count). The molecule has 1 unspecified atom stereocenters. The molecule has 0 spiro atoms. The Bertz CT molecular complexity index is 336. The van der Waals surface area contributed by atoms with Gasteiger partial charge in [0.2, 0.25) is 0 Å². The Hall–Kier alpha value is -1.06. The molecule has 0 bridgehead atoms. The summed E-state index contributed by atoms with van der Waals surface area (Å²) < 4.78 is 0. The van der Waals surface area contributed by atoms with Crippen LogP contribution >= 0.6 is 0 Å². The smallest absolute Gasteiger partial charge is 0.119 e. The summed E-state index contributed by atoms with van der Waals surface area (Å²) in [6.07, 6.45) is 2.03. The number of hydrazine groups is 1. The zero-order valence-corrected chi connectivity index (χ0v) is 8.62. The monoisotopic (exact) mass is 192 g/mol. The summed E-state index contributed by atoms with van der Waals surface area (Å²) in [6, 6.07) is 6.11. The summed E-state index contributed by atoms with van der Waals surface area (Å²) in [5.41, 5.74) is 5.69. The van der Waals surface area contributed by atoms with Crippen LogP contribution in [0.3, 0.4) is 0 Å². The maximum Gasteiger partial charge on any atom is 0.119 e. The minimum Gasteiger partial charge on any atom is -0.508 e. The standard InChI is InChI=1S/C11H16N2O/c1-13(2)12-10-7-6-9-8(10)4-3-5-11(9)14/h3-5,10,12,14H,6-7H2,1-2H3. The molecule has 76 valence electrons. The summed E-state index contributed by atoms with van der Waals surface area (Å²) in [5.74, 6) is 0.436. The van der Waals surface area contributed by atoms with Crippen LogP contribution in [0.2, 0.25) is 0 Å². The lowest BCUT2D eigenvalue weighted by Crippen LogP contribution is -2.33. The number of aromatic hydroxyl groups is 1. The predicted octanol–water partition coefficient (Wildman–Crippen LogP) is 1.45. The van der Waals surface area contributed by atoms with Gasteiger partial charge in [-0.05, 0) is 30.0 Å². The summed E-state index contributed by atoms with van der Waals surface area (Å²) in [6.45, 7) is 0. The van der Waals surface area contributed by atoms with Crippen molar-refractivity contribution >= 4 is 0 Å². The van der Waals surface area contributed by atoms with Gasteiger partial charge in [-0.15, -0.1) is 0 Å². The molecule has 0 heterocycles. The van der Waals surface area contributed by atoms with Gasteiger partial charge in [-0.1, -0.05) is 12.1 Å². The van der Waals surface area contributed by atoms with Crippen molar-refractivity contribution in [2.45, 2.75) is 18.9 Å². The van der Waals surface area contributed by atoms with E-state index in [0.29, 0.717) is 11.8 Å². The van der Waals surface area contributed by atoms with E-state index in [4.69, 9.17) is 0 Å². The number of nitrogens with zero attached hydrogens (tertiary/aromatic N) is 1. The third-order valence-corrected chi connectivity index (χ3v) is 2.66. The van der Waals surface area contributed by atoms with Gasteiger partial charge in [0.1, 0.15) is 5.75 Å². The Morgan fingerprint density at radius 3 is 2.93 bits per heavy atom. The topological polar surface area (TPSA) is 35.5 Å². The van der Waals surface area contributed by atoms with Crippen LogP contribution < -0.4 is 5.43 Å². The highest BCUT2D eigenvalue weighted by atomic mass is 16.3. The van der Waals surface area contributed by atoms with Crippen LogP contribution in [-0.2, 0) is 6.42 Å². The number of nitrogens with one attached hydrogen (secondary N) is 1. The highest BCUT2D eigenvalue weighted by Gasteiger charge is 2.24. The average Bonchev–Trinajstić information content (AvgIpc) is 2.49. The molecule has 0 aromatic heterocycles. The van der Waals surface area contributed by atoms with E-state index in [1.54, 1.807) is 6.07 Å². The van der Waals surface area contributed by atoms with Crippen molar-refractivity contribution in [3.8, 4) is 5.75 Å². The van der Waals surface area contributed by atoms with Crippen LogP contribution in [0.4, 0.5) is 0 Å². The number of phenols is 1. The third-order valence-electron chi connectivity index (χ3n) is 2.66. The van der Waals surface area contributed by atoms with Gasteiger partial charge in [0.25, 0.3) is 0 Å².